The Balaban J connectivity index is 2.20. The fourth-order valence-electron chi connectivity index (χ4n) is 2.13. The Morgan fingerprint density at radius 3 is 2.90 bits per heavy atom. The molecule has 1 saturated heterocycles. The highest BCUT2D eigenvalue weighted by molar-refractivity contribution is 5.86. The molecule has 6 nitrogen and oxygen atoms in total. The van der Waals surface area contributed by atoms with Crippen molar-refractivity contribution in [1.82, 2.24) is 15.6 Å². The number of pyridine rings is 1. The Morgan fingerprint density at radius 1 is 1.57 bits per heavy atom. The Hall–Kier alpha value is -2.25. The summed E-state index contributed by atoms with van der Waals surface area (Å²) in [6, 6.07) is 1.87. The highest BCUT2D eigenvalue weighted by Gasteiger charge is 2.40. The number of carbonyl (C=O) groups is 2. The summed E-state index contributed by atoms with van der Waals surface area (Å²) in [6.07, 6.45) is 1.42. The number of carbonyl (C=O) groups excluding carboxylic acids is 2. The van der Waals surface area contributed by atoms with Gasteiger partial charge in [-0.1, -0.05) is 0 Å². The second-order valence-electron chi connectivity index (χ2n) is 4.85. The molecule has 1 aliphatic heterocycles. The minimum absolute atomic E-state index is 0.0584. The van der Waals surface area contributed by atoms with E-state index in [2.05, 4.69) is 15.6 Å². The van der Waals surface area contributed by atoms with E-state index in [0.29, 0.717) is 18.4 Å². The van der Waals surface area contributed by atoms with Gasteiger partial charge in [-0.25, -0.2) is 4.98 Å². The van der Waals surface area contributed by atoms with Crippen LogP contribution in [0.15, 0.2) is 18.3 Å². The largest absolute Gasteiger partial charge is 0.481 e. The van der Waals surface area contributed by atoms with Gasteiger partial charge in [0.2, 0.25) is 11.8 Å². The number of hydrogen-bond donors (Lipinski definition) is 2. The predicted molar refractivity (Wildman–Crippen MR) is 68.8 cm³/mol. The van der Waals surface area contributed by atoms with Gasteiger partial charge in [-0.05, 0) is 11.6 Å². The second kappa shape index (κ2) is 5.63. The Kier molecular flexibility index (Phi) is 4.06. The van der Waals surface area contributed by atoms with Gasteiger partial charge in [-0.15, -0.1) is 0 Å². The first-order chi connectivity index (χ1) is 9.81. The van der Waals surface area contributed by atoms with Crippen LogP contribution in [0.25, 0.3) is 0 Å². The van der Waals surface area contributed by atoms with Crippen LogP contribution in [-0.4, -0.2) is 35.9 Å². The lowest BCUT2D eigenvalue weighted by atomic mass is 10.0. The lowest BCUT2D eigenvalue weighted by Gasteiger charge is -2.22. The number of alkyl halides is 2. The van der Waals surface area contributed by atoms with Crippen molar-refractivity contribution in [1.29, 1.82) is 0 Å². The summed E-state index contributed by atoms with van der Waals surface area (Å²) in [4.78, 5) is 26.8. The van der Waals surface area contributed by atoms with Crippen LogP contribution in [0.3, 0.4) is 0 Å². The van der Waals surface area contributed by atoms with Gasteiger partial charge >= 0.3 is 5.92 Å². The zero-order valence-corrected chi connectivity index (χ0v) is 11.5. The molecule has 0 radical (unpaired) electrons. The van der Waals surface area contributed by atoms with Gasteiger partial charge in [0.25, 0.3) is 5.91 Å². The monoisotopic (exact) mass is 299 g/mol. The average molecular weight is 299 g/mol. The first-order valence-corrected chi connectivity index (χ1v) is 6.29. The van der Waals surface area contributed by atoms with Crippen molar-refractivity contribution in [2.75, 3.05) is 7.11 Å². The van der Waals surface area contributed by atoms with E-state index in [1.54, 1.807) is 12.1 Å². The van der Waals surface area contributed by atoms with Crippen molar-refractivity contribution in [3.8, 4) is 5.88 Å². The molecule has 2 N–H and O–H groups in total. The van der Waals surface area contributed by atoms with E-state index in [-0.39, 0.29) is 12.3 Å². The maximum absolute atomic E-state index is 13.0. The van der Waals surface area contributed by atoms with Crippen molar-refractivity contribution < 1.29 is 23.1 Å². The number of rotatable bonds is 4. The van der Waals surface area contributed by atoms with E-state index in [4.69, 9.17) is 4.74 Å². The molecule has 1 aromatic rings. The van der Waals surface area contributed by atoms with Crippen LogP contribution in [0.2, 0.25) is 0 Å². The van der Waals surface area contributed by atoms with Gasteiger partial charge in [0.05, 0.1) is 19.2 Å². The number of amides is 2. The zero-order valence-electron chi connectivity index (χ0n) is 11.5. The fourth-order valence-corrected chi connectivity index (χ4v) is 2.13. The molecule has 1 aliphatic rings. The van der Waals surface area contributed by atoms with Crippen LogP contribution in [0.5, 0.6) is 5.88 Å². The van der Waals surface area contributed by atoms with Gasteiger partial charge in [0.15, 0.2) is 0 Å². The van der Waals surface area contributed by atoms with Crippen molar-refractivity contribution in [3.05, 3.63) is 23.9 Å². The van der Waals surface area contributed by atoms with Gasteiger partial charge in [0.1, 0.15) is 0 Å². The van der Waals surface area contributed by atoms with Crippen LogP contribution >= 0.6 is 0 Å². The van der Waals surface area contributed by atoms with Crippen molar-refractivity contribution in [3.63, 3.8) is 0 Å². The molecule has 0 spiro atoms. The van der Waals surface area contributed by atoms with Gasteiger partial charge in [-0.2, -0.15) is 8.78 Å². The molecule has 8 heteroatoms. The summed E-state index contributed by atoms with van der Waals surface area (Å²) in [5, 5.41) is 4.85. The number of hydrogen-bond acceptors (Lipinski definition) is 4. The van der Waals surface area contributed by atoms with E-state index in [9.17, 15) is 18.4 Å². The summed E-state index contributed by atoms with van der Waals surface area (Å²) in [5.74, 6) is -4.89. The van der Waals surface area contributed by atoms with E-state index in [1.807, 2.05) is 0 Å². The number of halogens is 2. The molecule has 2 atom stereocenters. The van der Waals surface area contributed by atoms with Crippen molar-refractivity contribution in [2.45, 2.75) is 31.4 Å². The summed E-state index contributed by atoms with van der Waals surface area (Å²) in [5.41, 5.74) is 0.623. The summed E-state index contributed by atoms with van der Waals surface area (Å²) in [6.45, 7) is 0.511. The zero-order chi connectivity index (χ0) is 15.6. The molecule has 1 fully saturated rings. The number of aromatic nitrogens is 1. The van der Waals surface area contributed by atoms with Crippen LogP contribution in [0.4, 0.5) is 8.78 Å². The van der Waals surface area contributed by atoms with Crippen molar-refractivity contribution in [2.24, 2.45) is 0 Å². The van der Waals surface area contributed by atoms with Crippen LogP contribution in [0, 0.1) is 0 Å². The topological polar surface area (TPSA) is 80.3 Å². The number of methoxy groups -OCH3 is 1. The molecule has 1 aromatic heterocycles. The Bertz CT molecular complexity index is 560. The Morgan fingerprint density at radius 2 is 2.29 bits per heavy atom. The van der Waals surface area contributed by atoms with Gasteiger partial charge in [0, 0.05) is 25.6 Å². The third kappa shape index (κ3) is 3.45. The first-order valence-electron chi connectivity index (χ1n) is 6.29. The lowest BCUT2D eigenvalue weighted by Crippen LogP contribution is -2.45. The predicted octanol–water partition coefficient (Wildman–Crippen LogP) is 0.791. The summed E-state index contributed by atoms with van der Waals surface area (Å²) in [7, 11) is 1.44. The maximum atomic E-state index is 13.0. The maximum Gasteiger partial charge on any atom is 0.321 e. The Labute approximate surface area is 119 Å². The van der Waals surface area contributed by atoms with E-state index < -0.39 is 23.9 Å². The molecule has 114 valence electrons. The van der Waals surface area contributed by atoms with E-state index in [1.165, 1.54) is 13.3 Å². The normalized spacial score (nSPS) is 21.8. The molecule has 0 bridgehead atoms. The van der Waals surface area contributed by atoms with Crippen LogP contribution in [0.1, 0.15) is 24.9 Å². The number of ether oxygens (including phenoxy) is 1. The standard InChI is InChI=1S/C13H15F2N3O3/c1-13(14,15)12(20)17-8-6-9(19)18-11(8)7-3-4-16-10(5-7)21-2/h3-5,8,11H,6H2,1-2H3,(H,17,20)(H,18,19)/t8?,11-/m1/s1. The molecule has 0 aliphatic carbocycles. The first kappa shape index (κ1) is 15.1. The third-order valence-corrected chi connectivity index (χ3v) is 3.17. The third-order valence-electron chi connectivity index (χ3n) is 3.17. The molecule has 1 unspecified atom stereocenters. The second-order valence-corrected chi connectivity index (χ2v) is 4.85. The quantitative estimate of drug-likeness (QED) is 0.861. The highest BCUT2D eigenvalue weighted by atomic mass is 19.3. The fraction of sp³-hybridized carbons (Fsp3) is 0.462. The molecule has 21 heavy (non-hydrogen) atoms. The minimum Gasteiger partial charge on any atom is -0.481 e. The summed E-state index contributed by atoms with van der Waals surface area (Å²) >= 11 is 0. The van der Waals surface area contributed by atoms with E-state index >= 15 is 0 Å². The number of nitrogens with one attached hydrogen (secondary N) is 2. The molecule has 2 heterocycles. The van der Waals surface area contributed by atoms with Gasteiger partial charge in [-0.3, -0.25) is 9.59 Å². The SMILES string of the molecule is COc1cc([C@H]2NC(=O)CC2NC(=O)C(C)(F)F)ccn1. The molecule has 0 saturated carbocycles. The lowest BCUT2D eigenvalue weighted by molar-refractivity contribution is -0.143. The number of nitrogens with zero attached hydrogens (tertiary/aromatic N) is 1. The van der Waals surface area contributed by atoms with Crippen LogP contribution < -0.4 is 15.4 Å². The average Bonchev–Trinajstić information content (AvgIpc) is 2.78. The van der Waals surface area contributed by atoms with Crippen LogP contribution in [-0.2, 0) is 9.59 Å². The smallest absolute Gasteiger partial charge is 0.321 e. The molecule has 2 rings (SSSR count). The molecular weight excluding hydrogens is 284 g/mol. The van der Waals surface area contributed by atoms with Crippen molar-refractivity contribution >= 4 is 11.8 Å². The van der Waals surface area contributed by atoms with Gasteiger partial charge < -0.3 is 15.4 Å². The summed E-state index contributed by atoms with van der Waals surface area (Å²) < 4.78 is 30.9. The highest BCUT2D eigenvalue weighted by Crippen LogP contribution is 2.27. The van der Waals surface area contributed by atoms with E-state index in [0.717, 1.165) is 0 Å². The molecule has 2 amide bonds. The minimum atomic E-state index is -3.49. The molecular formula is C13H15F2N3O3. The molecule has 0 aromatic carbocycles.